The van der Waals surface area contributed by atoms with E-state index >= 15 is 0 Å². The van der Waals surface area contributed by atoms with E-state index in [4.69, 9.17) is 11.6 Å². The SMILES string of the molecule is CCN1C(=O)/C(=C\c2ccc(C)c([N+](=O)[O-])c2)SC1=Nc1ccc(Cl)cc1. The van der Waals surface area contributed by atoms with Crippen molar-refractivity contribution in [2.45, 2.75) is 13.8 Å². The monoisotopic (exact) mass is 401 g/mol. The third-order valence-electron chi connectivity index (χ3n) is 3.98. The number of nitrogens with zero attached hydrogens (tertiary/aromatic N) is 3. The zero-order chi connectivity index (χ0) is 19.6. The number of benzene rings is 2. The van der Waals surface area contributed by atoms with Crippen molar-refractivity contribution in [1.82, 2.24) is 4.90 Å². The van der Waals surface area contributed by atoms with Gasteiger partial charge in [-0.1, -0.05) is 23.7 Å². The molecule has 2 aromatic rings. The van der Waals surface area contributed by atoms with Gasteiger partial charge in [-0.3, -0.25) is 19.8 Å². The lowest BCUT2D eigenvalue weighted by atomic mass is 10.1. The number of nitro groups is 1. The Morgan fingerprint density at radius 2 is 1.96 bits per heavy atom. The maximum absolute atomic E-state index is 12.7. The van der Waals surface area contributed by atoms with Crippen LogP contribution in [0.25, 0.3) is 6.08 Å². The second-order valence-electron chi connectivity index (χ2n) is 5.83. The maximum atomic E-state index is 12.7. The summed E-state index contributed by atoms with van der Waals surface area (Å²) in [6, 6.07) is 11.9. The van der Waals surface area contributed by atoms with Crippen LogP contribution in [0.1, 0.15) is 18.1 Å². The van der Waals surface area contributed by atoms with Gasteiger partial charge in [0.15, 0.2) is 5.17 Å². The van der Waals surface area contributed by atoms with E-state index in [0.717, 1.165) is 0 Å². The van der Waals surface area contributed by atoms with Gasteiger partial charge in [-0.25, -0.2) is 4.99 Å². The van der Waals surface area contributed by atoms with Crippen LogP contribution in [0.3, 0.4) is 0 Å². The summed E-state index contributed by atoms with van der Waals surface area (Å²) in [6.07, 6.45) is 1.66. The van der Waals surface area contributed by atoms with E-state index in [-0.39, 0.29) is 11.6 Å². The molecule has 3 rings (SSSR count). The van der Waals surface area contributed by atoms with E-state index in [1.54, 1.807) is 54.3 Å². The number of aliphatic imine (C=N–C) groups is 1. The van der Waals surface area contributed by atoms with E-state index in [1.807, 2.05) is 6.92 Å². The highest BCUT2D eigenvalue weighted by molar-refractivity contribution is 8.18. The molecule has 8 heteroatoms. The number of likely N-dealkylation sites (N-methyl/N-ethyl adjacent to an activating group) is 1. The van der Waals surface area contributed by atoms with Crippen LogP contribution in [0.15, 0.2) is 52.4 Å². The van der Waals surface area contributed by atoms with Crippen molar-refractivity contribution < 1.29 is 9.72 Å². The highest BCUT2D eigenvalue weighted by Gasteiger charge is 2.32. The van der Waals surface area contributed by atoms with E-state index in [2.05, 4.69) is 4.99 Å². The zero-order valence-electron chi connectivity index (χ0n) is 14.7. The highest BCUT2D eigenvalue weighted by Crippen LogP contribution is 2.34. The standard InChI is InChI=1S/C19H16ClN3O3S/c1-3-22-18(24)17(11-13-5-4-12(2)16(10-13)23(25)26)27-19(22)21-15-8-6-14(20)7-9-15/h4-11H,3H2,1-2H3/b17-11+,21-19?. The van der Waals surface area contributed by atoms with Crippen LogP contribution >= 0.6 is 23.4 Å². The Bertz CT molecular complexity index is 971. The van der Waals surface area contributed by atoms with Gasteiger partial charge in [0.2, 0.25) is 0 Å². The van der Waals surface area contributed by atoms with Crippen molar-refractivity contribution in [3.63, 3.8) is 0 Å². The van der Waals surface area contributed by atoms with Crippen molar-refractivity contribution in [3.05, 3.63) is 73.6 Å². The second-order valence-corrected chi connectivity index (χ2v) is 7.28. The molecule has 1 fully saturated rings. The first kappa shape index (κ1) is 19.1. The number of amidine groups is 1. The Morgan fingerprint density at radius 1 is 1.26 bits per heavy atom. The molecule has 0 saturated carbocycles. The third kappa shape index (κ3) is 4.20. The molecule has 1 aliphatic rings. The summed E-state index contributed by atoms with van der Waals surface area (Å²) >= 11 is 7.14. The second kappa shape index (κ2) is 7.94. The fraction of sp³-hybridized carbons (Fsp3) is 0.158. The van der Waals surface area contributed by atoms with Crippen LogP contribution in [0.4, 0.5) is 11.4 Å². The van der Waals surface area contributed by atoms with E-state index < -0.39 is 4.92 Å². The summed E-state index contributed by atoms with van der Waals surface area (Å²) in [6.45, 7) is 4.03. The summed E-state index contributed by atoms with van der Waals surface area (Å²) in [7, 11) is 0. The summed E-state index contributed by atoms with van der Waals surface area (Å²) in [5.74, 6) is -0.168. The van der Waals surface area contributed by atoms with Crippen LogP contribution in [0.2, 0.25) is 5.02 Å². The van der Waals surface area contributed by atoms with Gasteiger partial charge in [0.25, 0.3) is 11.6 Å². The molecular weight excluding hydrogens is 386 g/mol. The summed E-state index contributed by atoms with van der Waals surface area (Å²) in [5.41, 5.74) is 1.90. The Balaban J connectivity index is 1.94. The lowest BCUT2D eigenvalue weighted by molar-refractivity contribution is -0.385. The smallest absolute Gasteiger partial charge is 0.272 e. The van der Waals surface area contributed by atoms with E-state index in [1.165, 1.54) is 17.8 Å². The summed E-state index contributed by atoms with van der Waals surface area (Å²) in [5, 5.41) is 12.3. The molecule has 1 aliphatic heterocycles. The minimum atomic E-state index is -0.424. The molecule has 1 amide bonds. The number of rotatable bonds is 4. The predicted molar refractivity (Wildman–Crippen MR) is 109 cm³/mol. The van der Waals surface area contributed by atoms with Crippen LogP contribution in [0, 0.1) is 17.0 Å². The van der Waals surface area contributed by atoms with Gasteiger partial charge in [-0.15, -0.1) is 0 Å². The number of hydrogen-bond acceptors (Lipinski definition) is 5. The fourth-order valence-corrected chi connectivity index (χ4v) is 3.75. The minimum absolute atomic E-state index is 0.0298. The van der Waals surface area contributed by atoms with Crippen LogP contribution < -0.4 is 0 Å². The third-order valence-corrected chi connectivity index (χ3v) is 5.24. The minimum Gasteiger partial charge on any atom is -0.287 e. The summed E-state index contributed by atoms with van der Waals surface area (Å²) < 4.78 is 0. The molecule has 0 aliphatic carbocycles. The molecule has 6 nitrogen and oxygen atoms in total. The molecule has 0 atom stereocenters. The number of thioether (sulfide) groups is 1. The van der Waals surface area contributed by atoms with E-state index in [9.17, 15) is 14.9 Å². The predicted octanol–water partition coefficient (Wildman–Crippen LogP) is 5.18. The van der Waals surface area contributed by atoms with Gasteiger partial charge < -0.3 is 0 Å². The highest BCUT2D eigenvalue weighted by atomic mass is 35.5. The molecule has 1 heterocycles. The number of amides is 1. The van der Waals surface area contributed by atoms with Crippen molar-refractivity contribution in [2.24, 2.45) is 4.99 Å². The first-order valence-corrected chi connectivity index (χ1v) is 9.39. The number of halogens is 1. The van der Waals surface area contributed by atoms with Crippen molar-refractivity contribution >= 4 is 51.9 Å². The molecule has 2 aromatic carbocycles. The summed E-state index contributed by atoms with van der Waals surface area (Å²) in [4.78, 5) is 30.0. The number of nitro benzene ring substituents is 1. The normalized spacial score (nSPS) is 17.1. The van der Waals surface area contributed by atoms with Gasteiger partial charge in [-0.2, -0.15) is 0 Å². The average Bonchev–Trinajstić information content (AvgIpc) is 2.93. The van der Waals surface area contributed by atoms with Crippen LogP contribution in [-0.4, -0.2) is 27.4 Å². The molecule has 0 aromatic heterocycles. The van der Waals surface area contributed by atoms with Gasteiger partial charge in [-0.05, 0) is 61.5 Å². The molecule has 0 unspecified atom stereocenters. The average molecular weight is 402 g/mol. The maximum Gasteiger partial charge on any atom is 0.272 e. The topological polar surface area (TPSA) is 75.8 Å². The number of carbonyl (C=O) groups excluding carboxylic acids is 1. The van der Waals surface area contributed by atoms with Crippen molar-refractivity contribution in [3.8, 4) is 0 Å². The Morgan fingerprint density at radius 3 is 2.59 bits per heavy atom. The van der Waals surface area contributed by atoms with Gasteiger partial charge in [0.1, 0.15) is 0 Å². The number of aryl methyl sites for hydroxylation is 1. The largest absolute Gasteiger partial charge is 0.287 e. The molecule has 0 N–H and O–H groups in total. The van der Waals surface area contributed by atoms with Gasteiger partial charge in [0, 0.05) is 23.2 Å². The molecule has 138 valence electrons. The lowest BCUT2D eigenvalue weighted by Gasteiger charge is -2.11. The van der Waals surface area contributed by atoms with E-state index in [0.29, 0.717) is 38.5 Å². The Labute approximate surface area is 165 Å². The van der Waals surface area contributed by atoms with Gasteiger partial charge in [0.05, 0.1) is 15.5 Å². The molecule has 0 radical (unpaired) electrons. The first-order valence-electron chi connectivity index (χ1n) is 8.19. The van der Waals surface area contributed by atoms with Crippen LogP contribution in [0.5, 0.6) is 0 Å². The molecule has 0 spiro atoms. The quantitative estimate of drug-likeness (QED) is 0.401. The first-order chi connectivity index (χ1) is 12.9. The molecule has 0 bridgehead atoms. The van der Waals surface area contributed by atoms with Crippen LogP contribution in [-0.2, 0) is 4.79 Å². The fourth-order valence-electron chi connectivity index (χ4n) is 2.56. The molecule has 1 saturated heterocycles. The number of carbonyl (C=O) groups is 1. The van der Waals surface area contributed by atoms with Crippen molar-refractivity contribution in [1.29, 1.82) is 0 Å². The van der Waals surface area contributed by atoms with Gasteiger partial charge >= 0.3 is 0 Å². The van der Waals surface area contributed by atoms with Crippen molar-refractivity contribution in [2.75, 3.05) is 6.54 Å². The zero-order valence-corrected chi connectivity index (χ0v) is 16.3. The Kier molecular flexibility index (Phi) is 5.62. The lowest BCUT2D eigenvalue weighted by Crippen LogP contribution is -2.28. The Hall–Kier alpha value is -2.64. The molecular formula is C19H16ClN3O3S. The number of hydrogen-bond donors (Lipinski definition) is 0. The molecule has 27 heavy (non-hydrogen) atoms.